The number of hydrogen-bond donors (Lipinski definition) is 1. The summed E-state index contributed by atoms with van der Waals surface area (Å²) in [5.41, 5.74) is 1.48. The van der Waals surface area contributed by atoms with Crippen LogP contribution in [0.15, 0.2) is 72.8 Å². The third-order valence-corrected chi connectivity index (χ3v) is 8.56. The van der Waals surface area contributed by atoms with E-state index in [1.807, 2.05) is 0 Å². The fourth-order valence-corrected chi connectivity index (χ4v) is 5.57. The van der Waals surface area contributed by atoms with Gasteiger partial charge in [0.1, 0.15) is 31.6 Å². The molecule has 0 aromatic heterocycles. The van der Waals surface area contributed by atoms with Gasteiger partial charge in [0.15, 0.2) is 0 Å². The first kappa shape index (κ1) is 37.9. The number of esters is 1. The van der Waals surface area contributed by atoms with Gasteiger partial charge in [-0.2, -0.15) is 0 Å². The molecule has 0 radical (unpaired) electrons. The summed E-state index contributed by atoms with van der Waals surface area (Å²) in [6, 6.07) is 16.7. The second-order valence-corrected chi connectivity index (χ2v) is 12.0. The standard InChI is InChI=1S/C33H35N5O12S/c1-47-28-12-6-25(7-13-28)20-50-33(42)36-16-14-35(15-17-36)30(39)22-51-21-29(31(40)48-18-23-2-8-26(9-3-23)37(43)44)34-32(41)49-19-24-4-10-27(11-5-24)38(45)46/h2-13,29H,14-22H2,1H3,(H,34,41)/t29-/m1/s1. The first-order valence-electron chi connectivity index (χ1n) is 15.5. The minimum absolute atomic E-state index is 0.0342. The average molecular weight is 726 g/mol. The summed E-state index contributed by atoms with van der Waals surface area (Å²) in [6.07, 6.45) is -1.46. The minimum atomic E-state index is -1.23. The molecule has 1 aliphatic rings. The molecule has 1 saturated heterocycles. The molecule has 1 fully saturated rings. The number of non-ortho nitro benzene ring substituents is 2. The Morgan fingerprint density at radius 2 is 1.20 bits per heavy atom. The number of nitro benzene ring substituents is 2. The normalized spacial score (nSPS) is 13.0. The molecule has 3 aromatic rings. The number of carbonyl (C=O) groups excluding carboxylic acids is 4. The van der Waals surface area contributed by atoms with Gasteiger partial charge in [-0.25, -0.2) is 14.4 Å². The number of piperazine rings is 1. The average Bonchev–Trinajstić information content (AvgIpc) is 3.15. The molecule has 0 saturated carbocycles. The number of thioether (sulfide) groups is 1. The molecule has 17 nitrogen and oxygen atoms in total. The van der Waals surface area contributed by atoms with Gasteiger partial charge in [0.2, 0.25) is 5.91 Å². The molecule has 1 atom stereocenters. The predicted molar refractivity (Wildman–Crippen MR) is 182 cm³/mol. The number of hydrogen-bond acceptors (Lipinski definition) is 13. The van der Waals surface area contributed by atoms with Gasteiger partial charge in [-0.1, -0.05) is 12.1 Å². The molecule has 1 aliphatic heterocycles. The lowest BCUT2D eigenvalue weighted by atomic mass is 10.2. The van der Waals surface area contributed by atoms with Crippen molar-refractivity contribution in [2.75, 3.05) is 44.8 Å². The monoisotopic (exact) mass is 725 g/mol. The Kier molecular flexibility index (Phi) is 13.9. The summed E-state index contributed by atoms with van der Waals surface area (Å²) in [5, 5.41) is 24.2. The quantitative estimate of drug-likeness (QED) is 0.102. The highest BCUT2D eigenvalue weighted by Crippen LogP contribution is 2.16. The van der Waals surface area contributed by atoms with Crippen molar-refractivity contribution in [1.82, 2.24) is 15.1 Å². The van der Waals surface area contributed by atoms with Crippen LogP contribution in [0.4, 0.5) is 21.0 Å². The van der Waals surface area contributed by atoms with Crippen LogP contribution in [0, 0.1) is 20.2 Å². The molecule has 0 spiro atoms. The maximum atomic E-state index is 13.0. The van der Waals surface area contributed by atoms with Crippen molar-refractivity contribution >= 4 is 47.2 Å². The number of alkyl carbamates (subject to hydrolysis) is 1. The molecule has 1 N–H and O–H groups in total. The Labute approximate surface area is 296 Å². The molecule has 3 aromatic carbocycles. The van der Waals surface area contributed by atoms with Crippen LogP contribution >= 0.6 is 11.8 Å². The molecule has 0 aliphatic carbocycles. The zero-order chi connectivity index (χ0) is 36.8. The maximum Gasteiger partial charge on any atom is 0.410 e. The van der Waals surface area contributed by atoms with Crippen molar-refractivity contribution < 1.29 is 48.0 Å². The Morgan fingerprint density at radius 1 is 0.725 bits per heavy atom. The highest BCUT2D eigenvalue weighted by Gasteiger charge is 2.27. The summed E-state index contributed by atoms with van der Waals surface area (Å²) in [6.45, 7) is 0.740. The van der Waals surface area contributed by atoms with Crippen molar-refractivity contribution in [1.29, 1.82) is 0 Å². The number of amides is 3. The highest BCUT2D eigenvalue weighted by molar-refractivity contribution is 8.00. The lowest BCUT2D eigenvalue weighted by Gasteiger charge is -2.34. The minimum Gasteiger partial charge on any atom is -0.497 e. The van der Waals surface area contributed by atoms with E-state index in [1.165, 1.54) is 53.4 Å². The van der Waals surface area contributed by atoms with Gasteiger partial charge < -0.3 is 34.1 Å². The number of methoxy groups -OCH3 is 1. The largest absolute Gasteiger partial charge is 0.497 e. The Morgan fingerprint density at radius 3 is 1.71 bits per heavy atom. The zero-order valence-electron chi connectivity index (χ0n) is 27.5. The van der Waals surface area contributed by atoms with Crippen LogP contribution in [0.2, 0.25) is 0 Å². The lowest BCUT2D eigenvalue weighted by molar-refractivity contribution is -0.385. The van der Waals surface area contributed by atoms with Crippen molar-refractivity contribution in [3.05, 3.63) is 110 Å². The number of rotatable bonds is 15. The van der Waals surface area contributed by atoms with Crippen LogP contribution in [0.1, 0.15) is 16.7 Å². The first-order chi connectivity index (χ1) is 24.5. The van der Waals surface area contributed by atoms with Crippen molar-refractivity contribution in [3.63, 3.8) is 0 Å². The molecule has 0 unspecified atom stereocenters. The second-order valence-electron chi connectivity index (χ2n) is 11.0. The summed E-state index contributed by atoms with van der Waals surface area (Å²) in [7, 11) is 1.56. The third kappa shape index (κ3) is 11.9. The van der Waals surface area contributed by atoms with Gasteiger partial charge in [0, 0.05) is 56.2 Å². The van der Waals surface area contributed by atoms with E-state index in [1.54, 1.807) is 36.3 Å². The third-order valence-electron chi connectivity index (χ3n) is 7.54. The van der Waals surface area contributed by atoms with Gasteiger partial charge >= 0.3 is 18.2 Å². The molecule has 51 heavy (non-hydrogen) atoms. The lowest BCUT2D eigenvalue weighted by Crippen LogP contribution is -2.51. The fourth-order valence-electron chi connectivity index (χ4n) is 4.64. The van der Waals surface area contributed by atoms with E-state index in [4.69, 9.17) is 18.9 Å². The van der Waals surface area contributed by atoms with E-state index in [2.05, 4.69) is 5.32 Å². The number of nitro groups is 2. The van der Waals surface area contributed by atoms with Gasteiger partial charge in [-0.3, -0.25) is 25.0 Å². The van der Waals surface area contributed by atoms with Gasteiger partial charge in [0.05, 0.1) is 22.7 Å². The van der Waals surface area contributed by atoms with E-state index >= 15 is 0 Å². The zero-order valence-corrected chi connectivity index (χ0v) is 28.3. The number of benzene rings is 3. The molecule has 4 rings (SSSR count). The summed E-state index contributed by atoms with van der Waals surface area (Å²) in [5.74, 6) is -0.468. The van der Waals surface area contributed by atoms with E-state index < -0.39 is 34.0 Å². The van der Waals surface area contributed by atoms with Crippen LogP contribution in [-0.2, 0) is 43.6 Å². The fraction of sp³-hybridized carbons (Fsp3) is 0.333. The van der Waals surface area contributed by atoms with Crippen LogP contribution < -0.4 is 10.1 Å². The Hall–Kier alpha value is -5.91. The molecular formula is C33H35N5O12S. The van der Waals surface area contributed by atoms with Crippen molar-refractivity contribution in [2.24, 2.45) is 0 Å². The summed E-state index contributed by atoms with van der Waals surface area (Å²) < 4.78 is 21.1. The van der Waals surface area contributed by atoms with E-state index in [-0.39, 0.29) is 74.8 Å². The van der Waals surface area contributed by atoms with E-state index in [0.29, 0.717) is 16.9 Å². The molecule has 270 valence electrons. The van der Waals surface area contributed by atoms with Crippen LogP contribution in [0.5, 0.6) is 5.75 Å². The predicted octanol–water partition coefficient (Wildman–Crippen LogP) is 4.06. The number of carbonyl (C=O) groups is 4. The molecule has 1 heterocycles. The number of ether oxygens (including phenoxy) is 4. The number of nitrogens with one attached hydrogen (secondary N) is 1. The molecule has 18 heteroatoms. The van der Waals surface area contributed by atoms with Gasteiger partial charge in [-0.05, 0) is 53.1 Å². The molecule has 0 bridgehead atoms. The van der Waals surface area contributed by atoms with Crippen molar-refractivity contribution in [2.45, 2.75) is 25.9 Å². The number of nitrogens with zero attached hydrogens (tertiary/aromatic N) is 4. The SMILES string of the molecule is COc1ccc(COC(=O)N2CCN(C(=O)CSC[C@@H](NC(=O)OCc3ccc([N+](=O)[O-])cc3)C(=O)OCc3ccc([N+](=O)[O-])cc3)CC2)cc1. The van der Waals surface area contributed by atoms with Crippen LogP contribution in [0.3, 0.4) is 0 Å². The second kappa shape index (κ2) is 18.7. The summed E-state index contributed by atoms with van der Waals surface area (Å²) >= 11 is 1.08. The molecular weight excluding hydrogens is 690 g/mol. The Balaban J connectivity index is 1.25. The molecule has 3 amide bonds. The van der Waals surface area contributed by atoms with Crippen LogP contribution in [0.25, 0.3) is 0 Å². The van der Waals surface area contributed by atoms with Crippen molar-refractivity contribution in [3.8, 4) is 5.75 Å². The highest BCUT2D eigenvalue weighted by atomic mass is 32.2. The van der Waals surface area contributed by atoms with Crippen LogP contribution in [-0.4, -0.2) is 94.5 Å². The van der Waals surface area contributed by atoms with Gasteiger partial charge in [-0.15, -0.1) is 11.8 Å². The topological polar surface area (TPSA) is 210 Å². The van der Waals surface area contributed by atoms with Gasteiger partial charge in [0.25, 0.3) is 11.4 Å². The van der Waals surface area contributed by atoms with E-state index in [0.717, 1.165) is 17.3 Å². The van der Waals surface area contributed by atoms with E-state index in [9.17, 15) is 39.4 Å². The Bertz CT molecular complexity index is 1680. The summed E-state index contributed by atoms with van der Waals surface area (Å²) in [4.78, 5) is 74.9. The smallest absolute Gasteiger partial charge is 0.410 e. The maximum absolute atomic E-state index is 13.0. The first-order valence-corrected chi connectivity index (χ1v) is 16.6.